The molecule has 2 aromatic carbocycles. The Morgan fingerprint density at radius 3 is 2.12 bits per heavy atom. The summed E-state index contributed by atoms with van der Waals surface area (Å²) in [5, 5.41) is 9.72. The van der Waals surface area contributed by atoms with Crippen molar-refractivity contribution in [2.45, 2.75) is 24.3 Å². The monoisotopic (exact) mass is 352 g/mol. The minimum atomic E-state index is -4.35. The maximum atomic E-state index is 12.3. The Labute approximate surface area is 142 Å². The summed E-state index contributed by atoms with van der Waals surface area (Å²) in [6.45, 7) is 3.52. The fourth-order valence-electron chi connectivity index (χ4n) is 2.17. The number of ketones is 1. The van der Waals surface area contributed by atoms with Crippen LogP contribution in [-0.4, -0.2) is 16.4 Å². The number of phenols is 1. The Hall–Kier alpha value is -2.21. The summed E-state index contributed by atoms with van der Waals surface area (Å²) in [4.78, 5) is 12.1. The lowest BCUT2D eigenvalue weighted by Gasteiger charge is -2.06. The number of hydrogen-bond donors (Lipinski definition) is 1. The number of phenolic OH excluding ortho intramolecular Hbond substituents is 1. The van der Waals surface area contributed by atoms with Gasteiger partial charge >= 0.3 is 5.51 Å². The van der Waals surface area contributed by atoms with Crippen LogP contribution in [0.25, 0.3) is 6.08 Å². The zero-order valence-electron chi connectivity index (χ0n) is 13.0. The van der Waals surface area contributed by atoms with Crippen molar-refractivity contribution in [3.63, 3.8) is 0 Å². The second-order valence-corrected chi connectivity index (χ2v) is 6.41. The number of thioether (sulfide) groups is 1. The third-order valence-corrected chi connectivity index (χ3v) is 4.05. The Morgan fingerprint density at radius 1 is 1.08 bits per heavy atom. The number of alkyl halides is 3. The van der Waals surface area contributed by atoms with E-state index in [-0.39, 0.29) is 28.2 Å². The Kier molecular flexibility index (Phi) is 5.39. The fraction of sp³-hybridized carbons (Fsp3) is 0.167. The Bertz CT molecular complexity index is 755. The second-order valence-electron chi connectivity index (χ2n) is 5.27. The van der Waals surface area contributed by atoms with Crippen molar-refractivity contribution in [2.75, 3.05) is 0 Å². The van der Waals surface area contributed by atoms with Gasteiger partial charge in [0.05, 0.1) is 0 Å². The molecule has 0 aliphatic rings. The van der Waals surface area contributed by atoms with Crippen LogP contribution >= 0.6 is 11.8 Å². The van der Waals surface area contributed by atoms with Gasteiger partial charge in [0.15, 0.2) is 5.78 Å². The third kappa shape index (κ3) is 4.89. The molecular weight excluding hydrogens is 337 g/mol. The largest absolute Gasteiger partial charge is 0.507 e. The highest BCUT2D eigenvalue weighted by molar-refractivity contribution is 8.00. The SMILES string of the molecule is Cc1cc(/C=C/C(=O)c2ccc(SC(F)(F)F)cc2)cc(C)c1O. The normalized spacial score (nSPS) is 11.9. The first kappa shape index (κ1) is 18.1. The van der Waals surface area contributed by atoms with Gasteiger partial charge in [-0.2, -0.15) is 13.2 Å². The van der Waals surface area contributed by atoms with Crippen molar-refractivity contribution in [1.82, 2.24) is 0 Å². The number of benzene rings is 2. The zero-order valence-corrected chi connectivity index (χ0v) is 13.8. The van der Waals surface area contributed by atoms with Gasteiger partial charge in [-0.1, -0.05) is 6.08 Å². The molecule has 0 atom stereocenters. The highest BCUT2D eigenvalue weighted by atomic mass is 32.2. The summed E-state index contributed by atoms with van der Waals surface area (Å²) in [6, 6.07) is 8.77. The number of hydrogen-bond acceptors (Lipinski definition) is 3. The number of carbonyl (C=O) groups is 1. The van der Waals surface area contributed by atoms with Gasteiger partial charge < -0.3 is 5.11 Å². The first-order chi connectivity index (χ1) is 11.2. The molecule has 0 aliphatic heterocycles. The van der Waals surface area contributed by atoms with E-state index in [1.165, 1.54) is 30.3 Å². The first-order valence-electron chi connectivity index (χ1n) is 7.04. The highest BCUT2D eigenvalue weighted by Crippen LogP contribution is 2.36. The van der Waals surface area contributed by atoms with E-state index in [2.05, 4.69) is 0 Å². The third-order valence-electron chi connectivity index (χ3n) is 3.31. The lowest BCUT2D eigenvalue weighted by atomic mass is 10.0. The van der Waals surface area contributed by atoms with Gasteiger partial charge in [-0.15, -0.1) is 0 Å². The van der Waals surface area contributed by atoms with Gasteiger partial charge in [0, 0.05) is 10.5 Å². The van der Waals surface area contributed by atoms with Gasteiger partial charge in [0.2, 0.25) is 0 Å². The molecular formula is C18H15F3O2S. The molecule has 0 saturated carbocycles. The molecule has 0 spiro atoms. The van der Waals surface area contributed by atoms with Gasteiger partial charge in [0.25, 0.3) is 0 Å². The average molecular weight is 352 g/mol. The number of rotatable bonds is 4. The quantitative estimate of drug-likeness (QED) is 0.447. The van der Waals surface area contributed by atoms with Crippen LogP contribution in [-0.2, 0) is 0 Å². The second kappa shape index (κ2) is 7.13. The molecule has 6 heteroatoms. The molecule has 2 aromatic rings. The summed E-state index contributed by atoms with van der Waals surface area (Å²) in [5.74, 6) is -0.0850. The van der Waals surface area contributed by atoms with Crippen molar-refractivity contribution >= 4 is 23.6 Å². The van der Waals surface area contributed by atoms with Gasteiger partial charge in [-0.05, 0) is 84.8 Å². The molecule has 24 heavy (non-hydrogen) atoms. The number of carbonyl (C=O) groups excluding carboxylic acids is 1. The molecule has 126 valence electrons. The van der Waals surface area contributed by atoms with Crippen LogP contribution in [0.1, 0.15) is 27.0 Å². The number of aromatic hydroxyl groups is 1. The van der Waals surface area contributed by atoms with Crippen LogP contribution in [0.2, 0.25) is 0 Å². The maximum absolute atomic E-state index is 12.3. The van der Waals surface area contributed by atoms with Crippen molar-refractivity contribution in [3.8, 4) is 5.75 Å². The maximum Gasteiger partial charge on any atom is 0.446 e. The first-order valence-corrected chi connectivity index (χ1v) is 7.86. The van der Waals surface area contributed by atoms with Gasteiger partial charge in [-0.3, -0.25) is 4.79 Å². The summed E-state index contributed by atoms with van der Waals surface area (Å²) >= 11 is -0.217. The smallest absolute Gasteiger partial charge is 0.446 e. The molecule has 0 bridgehead atoms. The van der Waals surface area contributed by atoms with E-state index in [9.17, 15) is 23.1 Å². The topological polar surface area (TPSA) is 37.3 Å². The minimum absolute atomic E-state index is 0.0350. The molecule has 2 nitrogen and oxygen atoms in total. The van der Waals surface area contributed by atoms with E-state index >= 15 is 0 Å². The predicted molar refractivity (Wildman–Crippen MR) is 89.3 cm³/mol. The Balaban J connectivity index is 2.12. The van der Waals surface area contributed by atoms with Crippen LogP contribution in [0.4, 0.5) is 13.2 Å². The van der Waals surface area contributed by atoms with Crippen molar-refractivity contribution in [1.29, 1.82) is 0 Å². The van der Waals surface area contributed by atoms with E-state index in [1.54, 1.807) is 32.1 Å². The molecule has 0 heterocycles. The van der Waals surface area contributed by atoms with Crippen LogP contribution in [0.5, 0.6) is 5.75 Å². The number of aryl methyl sites for hydroxylation is 2. The highest BCUT2D eigenvalue weighted by Gasteiger charge is 2.29. The standard InChI is InChI=1S/C18H15F3O2S/c1-11-9-13(10-12(2)17(11)23)3-8-16(22)14-4-6-15(7-5-14)24-18(19,20)21/h3-10,23H,1-2H3/b8-3+. The predicted octanol–water partition coefficient (Wildman–Crippen LogP) is 5.52. The van der Waals surface area contributed by atoms with Crippen molar-refractivity contribution in [2.24, 2.45) is 0 Å². The summed E-state index contributed by atoms with van der Waals surface area (Å²) in [7, 11) is 0. The lowest BCUT2D eigenvalue weighted by molar-refractivity contribution is -0.0328. The molecule has 1 N–H and O–H groups in total. The van der Waals surface area contributed by atoms with Crippen molar-refractivity contribution < 1.29 is 23.1 Å². The number of halogens is 3. The lowest BCUT2D eigenvalue weighted by Crippen LogP contribution is -1.99. The van der Waals surface area contributed by atoms with Crippen LogP contribution in [0.3, 0.4) is 0 Å². The zero-order chi connectivity index (χ0) is 17.9. The van der Waals surface area contributed by atoms with Crippen molar-refractivity contribution in [3.05, 3.63) is 64.7 Å². The van der Waals surface area contributed by atoms with Crippen LogP contribution < -0.4 is 0 Å². The average Bonchev–Trinajstić information content (AvgIpc) is 2.49. The summed E-state index contributed by atoms with van der Waals surface area (Å²) in [6.07, 6.45) is 2.97. The molecule has 0 amide bonds. The van der Waals surface area contributed by atoms with Crippen LogP contribution in [0, 0.1) is 13.8 Å². The van der Waals surface area contributed by atoms with E-state index < -0.39 is 5.51 Å². The molecule has 0 unspecified atom stereocenters. The molecule has 0 aliphatic carbocycles. The van der Waals surface area contributed by atoms with Crippen LogP contribution in [0.15, 0.2) is 47.4 Å². The van der Waals surface area contributed by atoms with E-state index in [4.69, 9.17) is 0 Å². The number of allylic oxidation sites excluding steroid dienone is 1. The van der Waals surface area contributed by atoms with E-state index in [0.29, 0.717) is 16.7 Å². The van der Waals surface area contributed by atoms with Gasteiger partial charge in [0.1, 0.15) is 5.75 Å². The molecule has 0 fully saturated rings. The summed E-state index contributed by atoms with van der Waals surface area (Å²) in [5.41, 5.74) is -1.86. The molecule has 2 rings (SSSR count). The molecule has 0 radical (unpaired) electrons. The molecule has 0 saturated heterocycles. The fourth-order valence-corrected chi connectivity index (χ4v) is 2.71. The van der Waals surface area contributed by atoms with Gasteiger partial charge in [-0.25, -0.2) is 0 Å². The van der Waals surface area contributed by atoms with E-state index in [0.717, 1.165) is 5.56 Å². The minimum Gasteiger partial charge on any atom is -0.507 e. The Morgan fingerprint density at radius 2 is 1.62 bits per heavy atom. The van der Waals surface area contributed by atoms with E-state index in [1.807, 2.05) is 0 Å². The molecule has 0 aromatic heterocycles. The summed E-state index contributed by atoms with van der Waals surface area (Å²) < 4.78 is 36.8.